The summed E-state index contributed by atoms with van der Waals surface area (Å²) in [7, 11) is 0. The maximum atomic E-state index is 11.8. The van der Waals surface area contributed by atoms with Gasteiger partial charge in [0.25, 0.3) is 0 Å². The van der Waals surface area contributed by atoms with Gasteiger partial charge in [-0.25, -0.2) is 9.78 Å². The maximum Gasteiger partial charge on any atom is 0.335 e. The minimum Gasteiger partial charge on any atom is -0.478 e. The van der Waals surface area contributed by atoms with E-state index in [-0.39, 0.29) is 11.5 Å². The molecular weight excluding hydrogens is 462 g/mol. The topological polar surface area (TPSA) is 76.5 Å². The monoisotopic (exact) mass is 485 g/mol. The zero-order chi connectivity index (χ0) is 24.8. The molecule has 1 atom stereocenters. The quantitative estimate of drug-likeness (QED) is 0.272. The van der Waals surface area contributed by atoms with Gasteiger partial charge in [-0.15, -0.1) is 0 Å². The van der Waals surface area contributed by atoms with Gasteiger partial charge in [0.15, 0.2) is 0 Å². The number of nitrogens with zero attached hydrogens (tertiary/aromatic N) is 1. The van der Waals surface area contributed by atoms with Crippen molar-refractivity contribution in [2.24, 2.45) is 0 Å². The van der Waals surface area contributed by atoms with Crippen molar-refractivity contribution in [3.8, 4) is 0 Å². The number of hydrogen-bond acceptors (Lipinski definition) is 4. The molecule has 35 heavy (non-hydrogen) atoms. The Bertz CT molecular complexity index is 1410. The molecule has 1 N–H and O–H groups in total. The van der Waals surface area contributed by atoms with E-state index >= 15 is 0 Å². The molecule has 0 aliphatic carbocycles. The molecule has 0 spiro atoms. The summed E-state index contributed by atoms with van der Waals surface area (Å²) in [6, 6.07) is 24.2. The van der Waals surface area contributed by atoms with Gasteiger partial charge in [-0.1, -0.05) is 66.2 Å². The van der Waals surface area contributed by atoms with Gasteiger partial charge >= 0.3 is 11.9 Å². The lowest BCUT2D eigenvalue weighted by atomic mass is 9.97. The van der Waals surface area contributed by atoms with Crippen molar-refractivity contribution >= 4 is 46.6 Å². The number of rotatable bonds is 8. The number of pyridine rings is 1. The van der Waals surface area contributed by atoms with Crippen LogP contribution in [0.2, 0.25) is 5.02 Å². The number of benzene rings is 3. The average Bonchev–Trinajstić information content (AvgIpc) is 2.85. The molecule has 0 saturated carbocycles. The highest BCUT2D eigenvalue weighted by atomic mass is 35.5. The molecule has 0 saturated heterocycles. The number of fused-ring (bicyclic) bond motifs is 1. The van der Waals surface area contributed by atoms with Gasteiger partial charge in [-0.05, 0) is 65.9 Å². The Kier molecular flexibility index (Phi) is 7.58. The van der Waals surface area contributed by atoms with Crippen LogP contribution in [0.3, 0.4) is 0 Å². The molecule has 0 radical (unpaired) electrons. The molecule has 1 aromatic heterocycles. The van der Waals surface area contributed by atoms with Crippen molar-refractivity contribution in [3.63, 3.8) is 0 Å². The van der Waals surface area contributed by atoms with Crippen LogP contribution in [0.1, 0.15) is 52.2 Å². The van der Waals surface area contributed by atoms with Crippen LogP contribution in [0.5, 0.6) is 0 Å². The third-order valence-electron chi connectivity index (χ3n) is 5.64. The Morgan fingerprint density at radius 2 is 1.80 bits per heavy atom. The third-order valence-corrected chi connectivity index (χ3v) is 5.87. The summed E-state index contributed by atoms with van der Waals surface area (Å²) in [6.07, 6.45) is 4.30. The van der Waals surface area contributed by atoms with Gasteiger partial charge in [-0.2, -0.15) is 0 Å². The standard InChI is InChI=1S/C29H24ClNO4/c1-19(32)35-28(16-12-21-6-2-3-8-26(21)29(33)34)23-7-4-5-20(17-23)9-14-25-15-11-22-10-13-24(30)18-27(22)31-25/h2-11,13-15,17-18,28H,12,16H2,1H3,(H,33,34)/b14-9+. The molecule has 0 fully saturated rings. The molecular formula is C29H24ClNO4. The van der Waals surface area contributed by atoms with Gasteiger partial charge in [0.2, 0.25) is 0 Å². The van der Waals surface area contributed by atoms with Crippen molar-refractivity contribution in [2.45, 2.75) is 25.9 Å². The second-order valence-corrected chi connectivity index (χ2v) is 8.61. The van der Waals surface area contributed by atoms with E-state index in [4.69, 9.17) is 16.3 Å². The fourth-order valence-electron chi connectivity index (χ4n) is 3.97. The first-order valence-corrected chi connectivity index (χ1v) is 11.6. The number of hydrogen-bond donors (Lipinski definition) is 1. The van der Waals surface area contributed by atoms with Crippen LogP contribution in [0.4, 0.5) is 0 Å². The van der Waals surface area contributed by atoms with E-state index in [1.54, 1.807) is 18.2 Å². The fourth-order valence-corrected chi connectivity index (χ4v) is 4.14. The van der Waals surface area contributed by atoms with Crippen LogP contribution in [-0.4, -0.2) is 22.0 Å². The summed E-state index contributed by atoms with van der Waals surface area (Å²) < 4.78 is 5.60. The Balaban J connectivity index is 1.54. The summed E-state index contributed by atoms with van der Waals surface area (Å²) in [5, 5.41) is 11.1. The summed E-state index contributed by atoms with van der Waals surface area (Å²) >= 11 is 6.09. The SMILES string of the molecule is CC(=O)OC(CCc1ccccc1C(=O)O)c1cccc(/C=C/c2ccc3ccc(Cl)cc3n2)c1. The minimum atomic E-state index is -0.971. The van der Waals surface area contributed by atoms with Crippen molar-refractivity contribution in [1.82, 2.24) is 4.98 Å². The van der Waals surface area contributed by atoms with Crippen molar-refractivity contribution < 1.29 is 19.4 Å². The number of aryl methyl sites for hydroxylation is 1. The molecule has 4 rings (SSSR count). The summed E-state index contributed by atoms with van der Waals surface area (Å²) in [4.78, 5) is 28.0. The lowest BCUT2D eigenvalue weighted by molar-refractivity contribution is -0.147. The van der Waals surface area contributed by atoms with Crippen LogP contribution >= 0.6 is 11.6 Å². The Hall–Kier alpha value is -3.96. The van der Waals surface area contributed by atoms with E-state index in [0.717, 1.165) is 27.7 Å². The number of esters is 1. The van der Waals surface area contributed by atoms with Crippen LogP contribution in [0.25, 0.3) is 23.1 Å². The van der Waals surface area contributed by atoms with Crippen molar-refractivity contribution in [3.05, 3.63) is 112 Å². The second-order valence-electron chi connectivity index (χ2n) is 8.18. The lowest BCUT2D eigenvalue weighted by Crippen LogP contribution is -2.11. The van der Waals surface area contributed by atoms with Gasteiger partial charge in [-0.3, -0.25) is 4.79 Å². The smallest absolute Gasteiger partial charge is 0.335 e. The van der Waals surface area contributed by atoms with Crippen LogP contribution in [0.15, 0.2) is 78.9 Å². The van der Waals surface area contributed by atoms with Crippen molar-refractivity contribution in [2.75, 3.05) is 0 Å². The number of carboxylic acids is 1. The summed E-state index contributed by atoms with van der Waals surface area (Å²) in [6.45, 7) is 1.37. The van der Waals surface area contributed by atoms with E-state index in [0.29, 0.717) is 23.4 Å². The molecule has 3 aromatic carbocycles. The third kappa shape index (κ3) is 6.34. The van der Waals surface area contributed by atoms with Crippen LogP contribution in [-0.2, 0) is 16.0 Å². The first kappa shape index (κ1) is 24.2. The first-order chi connectivity index (χ1) is 16.9. The van der Waals surface area contributed by atoms with Gasteiger partial charge in [0.05, 0.1) is 16.8 Å². The predicted molar refractivity (Wildman–Crippen MR) is 138 cm³/mol. The predicted octanol–water partition coefficient (Wildman–Crippen LogP) is 6.99. The minimum absolute atomic E-state index is 0.259. The highest BCUT2D eigenvalue weighted by molar-refractivity contribution is 6.31. The molecule has 0 bridgehead atoms. The normalized spacial score (nSPS) is 12.1. The highest BCUT2D eigenvalue weighted by Crippen LogP contribution is 2.26. The van der Waals surface area contributed by atoms with E-state index in [1.807, 2.05) is 72.8 Å². The average molecular weight is 486 g/mol. The number of carboxylic acid groups (broad SMARTS) is 1. The summed E-state index contributed by atoms with van der Waals surface area (Å²) in [5.41, 5.74) is 4.36. The van der Waals surface area contributed by atoms with E-state index in [2.05, 4.69) is 4.98 Å². The van der Waals surface area contributed by atoms with E-state index in [9.17, 15) is 14.7 Å². The first-order valence-electron chi connectivity index (χ1n) is 11.2. The Morgan fingerprint density at radius 1 is 1.00 bits per heavy atom. The van der Waals surface area contributed by atoms with Crippen LogP contribution < -0.4 is 0 Å². The van der Waals surface area contributed by atoms with Gasteiger partial charge < -0.3 is 9.84 Å². The summed E-state index contributed by atoms with van der Waals surface area (Å²) in [5.74, 6) is -1.36. The molecule has 0 aliphatic rings. The maximum absolute atomic E-state index is 11.8. The molecule has 1 unspecified atom stereocenters. The second kappa shape index (κ2) is 11.0. The number of carbonyl (C=O) groups is 2. The zero-order valence-corrected chi connectivity index (χ0v) is 19.9. The van der Waals surface area contributed by atoms with Gasteiger partial charge in [0, 0.05) is 17.3 Å². The Morgan fingerprint density at radius 3 is 2.60 bits per heavy atom. The number of halogens is 1. The number of carbonyl (C=O) groups excluding carboxylic acids is 1. The van der Waals surface area contributed by atoms with E-state index in [1.165, 1.54) is 6.92 Å². The van der Waals surface area contributed by atoms with Crippen molar-refractivity contribution in [1.29, 1.82) is 0 Å². The molecule has 1 heterocycles. The lowest BCUT2D eigenvalue weighted by Gasteiger charge is -2.18. The number of aromatic carboxylic acids is 1. The number of ether oxygens (including phenoxy) is 1. The molecule has 5 nitrogen and oxygen atoms in total. The number of aromatic nitrogens is 1. The highest BCUT2D eigenvalue weighted by Gasteiger charge is 2.17. The molecule has 4 aromatic rings. The fraction of sp³-hybridized carbons (Fsp3) is 0.138. The molecule has 176 valence electrons. The molecule has 0 amide bonds. The molecule has 6 heteroatoms. The Labute approximate surface area is 208 Å². The molecule has 0 aliphatic heterocycles. The van der Waals surface area contributed by atoms with E-state index < -0.39 is 12.1 Å². The van der Waals surface area contributed by atoms with Crippen LogP contribution in [0, 0.1) is 0 Å². The van der Waals surface area contributed by atoms with Gasteiger partial charge in [0.1, 0.15) is 6.10 Å². The zero-order valence-electron chi connectivity index (χ0n) is 19.1. The largest absolute Gasteiger partial charge is 0.478 e.